The van der Waals surface area contributed by atoms with Crippen LogP contribution in [0, 0.1) is 47.3 Å². The highest BCUT2D eigenvalue weighted by atomic mass is 31.2. The Balaban J connectivity index is 0.000000602. The van der Waals surface area contributed by atoms with E-state index in [1.54, 1.807) is 12.1 Å². The summed E-state index contributed by atoms with van der Waals surface area (Å²) in [6.07, 6.45) is 38.2. The van der Waals surface area contributed by atoms with Gasteiger partial charge in [0.05, 0.1) is 19.8 Å². The Morgan fingerprint density at radius 1 is 0.523 bits per heavy atom. The highest BCUT2D eigenvalue weighted by molar-refractivity contribution is 7.53. The van der Waals surface area contributed by atoms with Crippen LogP contribution in [0.25, 0.3) is 11.2 Å². The van der Waals surface area contributed by atoms with Crippen molar-refractivity contribution in [1.29, 1.82) is 0 Å². The van der Waals surface area contributed by atoms with E-state index in [1.807, 2.05) is 19.1 Å². The van der Waals surface area contributed by atoms with Gasteiger partial charge < -0.3 is 41.0 Å². The number of nitrogens with two attached hydrogens (primary N) is 1. The Bertz CT molecular complexity index is 2220. The van der Waals surface area contributed by atoms with Crippen molar-refractivity contribution >= 4 is 36.4 Å². The summed E-state index contributed by atoms with van der Waals surface area (Å²) < 4.78 is 26.5. The van der Waals surface area contributed by atoms with Gasteiger partial charge in [0.15, 0.2) is 11.5 Å². The van der Waals surface area contributed by atoms with E-state index in [4.69, 9.17) is 14.8 Å². The van der Waals surface area contributed by atoms with Crippen molar-refractivity contribution < 1.29 is 18.4 Å². The number of rotatable bonds is 55. The monoisotopic (exact) mass is 1250 g/mol. The maximum absolute atomic E-state index is 13.2. The largest absolute Gasteiger partial charge is 0.382 e. The number of benzene rings is 1. The van der Waals surface area contributed by atoms with Gasteiger partial charge in [-0.2, -0.15) is 9.97 Å². The number of imidazole rings is 1. The molecule has 0 saturated heterocycles. The molecule has 3 aromatic rings. The fraction of sp³-hybridized carbons (Fsp3) is 0.836. The molecular weight excluding hydrogens is 1110 g/mol. The SMILES string of the molecule is CCCCNc1nc(N)c2[nH]c(=O)n(Cc3ccc(C(=O)NCCCCCCCCNCCCNCCC)cc3)c2n1.CCP(=O)(OCCC(C)CCCC(C)CCCC(C)CCCC(C)C)OCCC(C)CCCC(C)CCCC(C)CCCC(C)C. The van der Waals surface area contributed by atoms with E-state index >= 15 is 0 Å². The standard InChI is InChI=1S/C42H87O3P.C31H51N9O2/c1-12-46(43,44-33-31-41(10)29-17-27-39(8)25-15-23-37(6)21-13-19-35(2)3)45-34-32-42(11)30-18-28-40(9)26-16-24-38(7)22-14-20-36(4)5;1-3-5-21-36-30-38-27(32)26-28(39-30)40(31(42)37-26)23-24-13-15-25(16-14-24)29(41)35-22-11-9-7-6-8-10-18-34-20-12-19-33-17-4-2/h35-42H,12-34H2,1-11H3;13-16,33-34H,3-12,17-23H2,1-2H3,(H,35,41)(H,37,42)(H3,32,36,38,39). The molecule has 14 nitrogen and oxygen atoms in total. The first-order valence-corrected chi connectivity index (χ1v) is 38.2. The fourth-order valence-corrected chi connectivity index (χ4v) is 12.8. The highest BCUT2D eigenvalue weighted by Crippen LogP contribution is 2.48. The Morgan fingerprint density at radius 3 is 1.41 bits per heavy atom. The van der Waals surface area contributed by atoms with Gasteiger partial charge in [-0.1, -0.05) is 250 Å². The van der Waals surface area contributed by atoms with Crippen molar-refractivity contribution in [3.63, 3.8) is 0 Å². The predicted molar refractivity (Wildman–Crippen MR) is 379 cm³/mol. The number of unbranched alkanes of at least 4 members (excludes halogenated alkanes) is 6. The quantitative estimate of drug-likeness (QED) is 0.0233. The van der Waals surface area contributed by atoms with Crippen molar-refractivity contribution in [3.05, 3.63) is 45.9 Å². The zero-order chi connectivity index (χ0) is 64.8. The van der Waals surface area contributed by atoms with Crippen LogP contribution in [0.2, 0.25) is 0 Å². The molecule has 3 rings (SSSR count). The first-order valence-electron chi connectivity index (χ1n) is 36.5. The molecule has 0 aliphatic rings. The lowest BCUT2D eigenvalue weighted by molar-refractivity contribution is 0.0952. The van der Waals surface area contributed by atoms with Crippen molar-refractivity contribution in [1.82, 2.24) is 35.5 Å². The number of hydrogen-bond acceptors (Lipinski definition) is 11. The second kappa shape index (κ2) is 50.3. The number of H-pyrrole nitrogens is 1. The average Bonchev–Trinajstić information content (AvgIpc) is 3.32. The Hall–Kier alpha value is -3.29. The lowest BCUT2D eigenvalue weighted by Gasteiger charge is -2.20. The van der Waals surface area contributed by atoms with Crippen molar-refractivity contribution in [2.45, 2.75) is 289 Å². The molecule has 0 aliphatic heterocycles. The maximum atomic E-state index is 13.2. The van der Waals surface area contributed by atoms with Crippen molar-refractivity contribution in [2.75, 3.05) is 69.7 Å². The van der Waals surface area contributed by atoms with E-state index in [0.29, 0.717) is 67.0 Å². The number of aromatic amines is 1. The van der Waals surface area contributed by atoms with Gasteiger partial charge in [0, 0.05) is 24.8 Å². The van der Waals surface area contributed by atoms with Crippen molar-refractivity contribution in [2.24, 2.45) is 47.3 Å². The number of hydrogen-bond donors (Lipinski definition) is 6. The van der Waals surface area contributed by atoms with E-state index in [2.05, 4.69) is 119 Å². The number of nitrogen functional groups attached to an aromatic ring is 1. The van der Waals surface area contributed by atoms with Crippen LogP contribution in [0.5, 0.6) is 0 Å². The fourth-order valence-electron chi connectivity index (χ4n) is 11.6. The lowest BCUT2D eigenvalue weighted by atomic mass is 9.91. The van der Waals surface area contributed by atoms with Gasteiger partial charge in [0.2, 0.25) is 5.95 Å². The number of anilines is 2. The molecule has 0 aliphatic carbocycles. The van der Waals surface area contributed by atoms with Crippen LogP contribution in [0.4, 0.5) is 11.8 Å². The molecule has 0 fully saturated rings. The first-order chi connectivity index (χ1) is 42.3. The molecule has 1 aromatic carbocycles. The van der Waals surface area contributed by atoms with E-state index in [-0.39, 0.29) is 17.4 Å². The molecule has 7 N–H and O–H groups in total. The third kappa shape index (κ3) is 39.9. The van der Waals surface area contributed by atoms with E-state index < -0.39 is 7.60 Å². The molecule has 0 bridgehead atoms. The van der Waals surface area contributed by atoms with Gasteiger partial charge in [-0.25, -0.2) is 4.79 Å². The van der Waals surface area contributed by atoms with Crippen molar-refractivity contribution in [3.8, 4) is 0 Å². The predicted octanol–water partition coefficient (Wildman–Crippen LogP) is 19.2. The molecule has 88 heavy (non-hydrogen) atoms. The van der Waals surface area contributed by atoms with Gasteiger partial charge in [-0.3, -0.25) is 13.9 Å². The summed E-state index contributed by atoms with van der Waals surface area (Å²) in [5, 5.41) is 13.1. The van der Waals surface area contributed by atoms with Gasteiger partial charge in [0.25, 0.3) is 5.91 Å². The van der Waals surface area contributed by atoms with Crippen LogP contribution in [0.15, 0.2) is 29.1 Å². The topological polar surface area (TPSA) is 190 Å². The smallest absolute Gasteiger partial charge is 0.330 e. The van der Waals surface area contributed by atoms with Crippen LogP contribution in [-0.4, -0.2) is 84.1 Å². The molecule has 2 heterocycles. The molecular formula is C73H138N9O5P. The molecule has 6 unspecified atom stereocenters. The lowest BCUT2D eigenvalue weighted by Crippen LogP contribution is -2.24. The highest BCUT2D eigenvalue weighted by Gasteiger charge is 2.23. The zero-order valence-corrected chi connectivity index (χ0v) is 60.0. The molecule has 0 saturated carbocycles. The Morgan fingerprint density at radius 2 is 0.955 bits per heavy atom. The number of fused-ring (bicyclic) bond motifs is 1. The molecule has 510 valence electrons. The molecule has 1 amide bonds. The minimum Gasteiger partial charge on any atom is -0.382 e. The van der Waals surface area contributed by atoms with E-state index in [9.17, 15) is 14.2 Å². The number of aromatic nitrogens is 4. The number of carbonyl (C=O) groups is 1. The summed E-state index contributed by atoms with van der Waals surface area (Å²) in [6, 6.07) is 7.31. The summed E-state index contributed by atoms with van der Waals surface area (Å²) in [7, 11) is -2.96. The minimum atomic E-state index is -2.96. The summed E-state index contributed by atoms with van der Waals surface area (Å²) in [5.41, 5.74) is 8.14. The maximum Gasteiger partial charge on any atom is 0.330 e. The zero-order valence-electron chi connectivity index (χ0n) is 59.1. The normalized spacial score (nSPS) is 14.6. The Labute approximate surface area is 539 Å². The van der Waals surface area contributed by atoms with Crippen LogP contribution in [0.3, 0.4) is 0 Å². The molecule has 0 radical (unpaired) electrons. The molecule has 15 heteroatoms. The average molecular weight is 1250 g/mol. The van der Waals surface area contributed by atoms with Gasteiger partial charge in [0.1, 0.15) is 5.52 Å². The number of nitrogens with zero attached hydrogens (tertiary/aromatic N) is 3. The molecule has 0 spiro atoms. The number of amides is 1. The van der Waals surface area contributed by atoms with Crippen LogP contribution in [-0.2, 0) is 20.2 Å². The second-order valence-corrected chi connectivity index (χ2v) is 30.4. The number of nitrogens with one attached hydrogen (secondary N) is 5. The van der Waals surface area contributed by atoms with E-state index in [0.717, 1.165) is 112 Å². The summed E-state index contributed by atoms with van der Waals surface area (Å²) in [4.78, 5) is 36.8. The van der Waals surface area contributed by atoms with Gasteiger partial charge >= 0.3 is 13.3 Å². The van der Waals surface area contributed by atoms with Crippen LogP contribution in [0.1, 0.15) is 299 Å². The first kappa shape index (κ1) is 80.8. The summed E-state index contributed by atoms with van der Waals surface area (Å²) in [6.45, 7) is 37.2. The molecule has 2 aromatic heterocycles. The molecule has 6 atom stereocenters. The third-order valence-electron chi connectivity index (χ3n) is 17.9. The van der Waals surface area contributed by atoms with Crippen LogP contribution < -0.4 is 32.7 Å². The van der Waals surface area contributed by atoms with Gasteiger partial charge in [-0.15, -0.1) is 0 Å². The third-order valence-corrected chi connectivity index (χ3v) is 19.9. The van der Waals surface area contributed by atoms with Crippen LogP contribution >= 0.6 is 7.60 Å². The summed E-state index contributed by atoms with van der Waals surface area (Å²) >= 11 is 0. The second-order valence-electron chi connectivity index (χ2n) is 28.0. The minimum absolute atomic E-state index is 0.0786. The van der Waals surface area contributed by atoms with Gasteiger partial charge in [-0.05, 0) is 136 Å². The number of carbonyl (C=O) groups excluding carboxylic acids is 1. The Kier molecular flexibility index (Phi) is 46.2. The van der Waals surface area contributed by atoms with E-state index in [1.165, 1.54) is 159 Å². The summed E-state index contributed by atoms with van der Waals surface area (Å²) in [5.74, 6) is 6.89.